The number of aliphatic carboxylic acids is 1. The van der Waals surface area contributed by atoms with E-state index in [2.05, 4.69) is 10.5 Å². The molecule has 0 aromatic rings. The van der Waals surface area contributed by atoms with E-state index in [1.165, 1.54) is 35.5 Å². The van der Waals surface area contributed by atoms with Gasteiger partial charge >= 0.3 is 5.97 Å². The van der Waals surface area contributed by atoms with Gasteiger partial charge in [0.2, 0.25) is 0 Å². The maximum Gasteiger partial charge on any atom is 0.352 e. The molecule has 0 aliphatic carbocycles. The van der Waals surface area contributed by atoms with Crippen LogP contribution in [0.2, 0.25) is 0 Å². The van der Waals surface area contributed by atoms with Gasteiger partial charge < -0.3 is 15.3 Å². The average Bonchev–Trinajstić information content (AvgIpc) is 2.64. The van der Waals surface area contributed by atoms with E-state index in [0.29, 0.717) is 16.2 Å². The van der Waals surface area contributed by atoms with Gasteiger partial charge in [-0.2, -0.15) is 0 Å². The standard InChI is InChI=1S/C15H17N3O5S3/c1-7-5-26-14-10(13(20)18(14)11(7)15(21)22)16-12(19)9(17-23-2)8-6-24-3-4-25-8/h6,10,14H,3-5H2,1-2H3,(H,16,19)(H,21,22)/t10?,14-/m0/s1. The summed E-state index contributed by atoms with van der Waals surface area (Å²) in [4.78, 5) is 43.3. The van der Waals surface area contributed by atoms with E-state index in [4.69, 9.17) is 4.84 Å². The van der Waals surface area contributed by atoms with Crippen LogP contribution in [0.5, 0.6) is 0 Å². The fourth-order valence-corrected chi connectivity index (χ4v) is 6.12. The second-order valence-electron chi connectivity index (χ2n) is 5.62. The van der Waals surface area contributed by atoms with Gasteiger partial charge in [-0.05, 0) is 17.9 Å². The Morgan fingerprint density at radius 3 is 2.81 bits per heavy atom. The Labute approximate surface area is 162 Å². The molecule has 0 spiro atoms. The number of nitrogens with one attached hydrogen (secondary N) is 1. The topological polar surface area (TPSA) is 108 Å². The molecule has 2 amide bonds. The second-order valence-corrected chi connectivity index (χ2v) is 8.84. The molecule has 0 aromatic heterocycles. The summed E-state index contributed by atoms with van der Waals surface area (Å²) >= 11 is 4.52. The minimum Gasteiger partial charge on any atom is -0.477 e. The lowest BCUT2D eigenvalue weighted by atomic mass is 10.0. The van der Waals surface area contributed by atoms with Crippen LogP contribution in [0.4, 0.5) is 0 Å². The third kappa shape index (κ3) is 3.47. The minimum absolute atomic E-state index is 0.0111. The largest absolute Gasteiger partial charge is 0.477 e. The highest BCUT2D eigenvalue weighted by Gasteiger charge is 2.54. The maximum absolute atomic E-state index is 12.6. The first-order chi connectivity index (χ1) is 12.5. The lowest BCUT2D eigenvalue weighted by molar-refractivity contribution is -0.150. The summed E-state index contributed by atoms with van der Waals surface area (Å²) in [6.45, 7) is 1.69. The van der Waals surface area contributed by atoms with Crippen molar-refractivity contribution in [3.05, 3.63) is 21.6 Å². The number of hydrogen-bond acceptors (Lipinski definition) is 8. The van der Waals surface area contributed by atoms with Crippen molar-refractivity contribution in [2.24, 2.45) is 5.16 Å². The van der Waals surface area contributed by atoms with E-state index in [-0.39, 0.29) is 11.4 Å². The molecule has 0 saturated carbocycles. The van der Waals surface area contributed by atoms with E-state index in [0.717, 1.165) is 11.5 Å². The molecule has 2 atom stereocenters. The molecule has 26 heavy (non-hydrogen) atoms. The van der Waals surface area contributed by atoms with Gasteiger partial charge in [0.15, 0.2) is 5.71 Å². The number of hydrogen-bond donors (Lipinski definition) is 2. The van der Waals surface area contributed by atoms with E-state index in [9.17, 15) is 19.5 Å². The molecule has 3 aliphatic rings. The number of carbonyl (C=O) groups is 3. The van der Waals surface area contributed by atoms with Crippen molar-refractivity contribution in [3.8, 4) is 0 Å². The van der Waals surface area contributed by atoms with Crippen molar-refractivity contribution >= 4 is 58.8 Å². The van der Waals surface area contributed by atoms with Gasteiger partial charge in [-0.1, -0.05) is 5.16 Å². The fourth-order valence-electron chi connectivity index (χ4n) is 2.77. The van der Waals surface area contributed by atoms with Crippen LogP contribution in [0.3, 0.4) is 0 Å². The molecule has 8 nitrogen and oxygen atoms in total. The van der Waals surface area contributed by atoms with Gasteiger partial charge in [0.05, 0.1) is 0 Å². The Bertz CT molecular complexity index is 749. The zero-order valence-corrected chi connectivity index (χ0v) is 16.5. The van der Waals surface area contributed by atoms with Crippen LogP contribution in [0.15, 0.2) is 26.7 Å². The molecular formula is C15H17N3O5S3. The normalized spacial score (nSPS) is 25.9. The molecule has 1 saturated heterocycles. The zero-order chi connectivity index (χ0) is 18.8. The Kier molecular flexibility index (Phi) is 5.88. The number of nitrogens with zero attached hydrogens (tertiary/aromatic N) is 2. The quantitative estimate of drug-likeness (QED) is 0.390. The number of carboxylic acid groups (broad SMARTS) is 1. The monoisotopic (exact) mass is 415 g/mol. The molecule has 3 rings (SSSR count). The number of carbonyl (C=O) groups excluding carboxylic acids is 2. The summed E-state index contributed by atoms with van der Waals surface area (Å²) in [6, 6.07) is -0.779. The molecule has 3 aliphatic heterocycles. The number of β-lactam (4-membered cyclic amide) rings is 1. The summed E-state index contributed by atoms with van der Waals surface area (Å²) in [6.07, 6.45) is 0. The van der Waals surface area contributed by atoms with Gasteiger partial charge in [-0.15, -0.1) is 35.3 Å². The van der Waals surface area contributed by atoms with Gasteiger partial charge in [0.25, 0.3) is 11.8 Å². The van der Waals surface area contributed by atoms with Gasteiger partial charge in [0.1, 0.15) is 24.2 Å². The Balaban J connectivity index is 1.75. The first kappa shape index (κ1) is 19.2. The first-order valence-electron chi connectivity index (χ1n) is 7.70. The van der Waals surface area contributed by atoms with Crippen LogP contribution < -0.4 is 5.32 Å². The highest BCUT2D eigenvalue weighted by Crippen LogP contribution is 2.40. The first-order valence-corrected chi connectivity index (χ1v) is 10.8. The van der Waals surface area contributed by atoms with Crippen LogP contribution in [-0.4, -0.2) is 69.3 Å². The van der Waals surface area contributed by atoms with Gasteiger partial charge in [0, 0.05) is 22.2 Å². The molecule has 0 aromatic carbocycles. The third-order valence-corrected chi connectivity index (χ3v) is 7.63. The molecule has 11 heteroatoms. The van der Waals surface area contributed by atoms with Crippen molar-refractivity contribution in [1.82, 2.24) is 10.2 Å². The highest BCUT2D eigenvalue weighted by atomic mass is 32.2. The zero-order valence-electron chi connectivity index (χ0n) is 14.1. The molecule has 1 unspecified atom stereocenters. The molecule has 0 radical (unpaired) electrons. The van der Waals surface area contributed by atoms with Crippen molar-refractivity contribution < 1.29 is 24.3 Å². The van der Waals surface area contributed by atoms with E-state index < -0.39 is 29.2 Å². The van der Waals surface area contributed by atoms with Gasteiger partial charge in [-0.25, -0.2) is 4.79 Å². The molecule has 0 bridgehead atoms. The molecule has 140 valence electrons. The number of thioether (sulfide) groups is 3. The Morgan fingerprint density at radius 2 is 2.19 bits per heavy atom. The van der Waals surface area contributed by atoms with E-state index in [1.807, 2.05) is 5.41 Å². The van der Waals surface area contributed by atoms with E-state index >= 15 is 0 Å². The van der Waals surface area contributed by atoms with Crippen LogP contribution in [0.25, 0.3) is 0 Å². The molecule has 1 fully saturated rings. The van der Waals surface area contributed by atoms with Crippen molar-refractivity contribution in [2.45, 2.75) is 18.3 Å². The van der Waals surface area contributed by atoms with Gasteiger partial charge in [-0.3, -0.25) is 14.5 Å². The molecule has 2 N–H and O–H groups in total. The fraction of sp³-hybridized carbons (Fsp3) is 0.467. The lowest BCUT2D eigenvalue weighted by Crippen LogP contribution is -2.71. The Morgan fingerprint density at radius 1 is 1.42 bits per heavy atom. The number of amides is 2. The summed E-state index contributed by atoms with van der Waals surface area (Å²) in [5.41, 5.74) is 0.776. The van der Waals surface area contributed by atoms with Crippen LogP contribution in [-0.2, 0) is 19.2 Å². The SMILES string of the molecule is CON=C(C(=O)NC1C(=O)N2C(C(=O)O)=C(C)CS[C@@H]12)C1=CSCCS1. The Hall–Kier alpha value is -1.59. The maximum atomic E-state index is 12.6. The summed E-state index contributed by atoms with van der Waals surface area (Å²) in [7, 11) is 1.36. The number of oxime groups is 1. The summed E-state index contributed by atoms with van der Waals surface area (Å²) in [5.74, 6) is 0.243. The predicted molar refractivity (Wildman–Crippen MR) is 103 cm³/mol. The number of carboxylic acids is 1. The summed E-state index contributed by atoms with van der Waals surface area (Å²) < 4.78 is 0. The minimum atomic E-state index is -1.13. The van der Waals surface area contributed by atoms with Crippen molar-refractivity contribution in [1.29, 1.82) is 0 Å². The van der Waals surface area contributed by atoms with Crippen LogP contribution in [0.1, 0.15) is 6.92 Å². The number of rotatable bonds is 5. The molecular weight excluding hydrogens is 398 g/mol. The van der Waals surface area contributed by atoms with E-state index in [1.54, 1.807) is 18.7 Å². The van der Waals surface area contributed by atoms with Crippen molar-refractivity contribution in [2.75, 3.05) is 24.4 Å². The van der Waals surface area contributed by atoms with Crippen molar-refractivity contribution in [3.63, 3.8) is 0 Å². The highest BCUT2D eigenvalue weighted by molar-refractivity contribution is 8.10. The van der Waals surface area contributed by atoms with Crippen LogP contribution in [0, 0.1) is 0 Å². The molecule has 3 heterocycles. The second kappa shape index (κ2) is 7.97. The third-order valence-electron chi connectivity index (χ3n) is 3.93. The number of fused-ring (bicyclic) bond motifs is 1. The average molecular weight is 416 g/mol. The van der Waals surface area contributed by atoms with Crippen LogP contribution >= 0.6 is 35.3 Å². The smallest absolute Gasteiger partial charge is 0.352 e. The lowest BCUT2D eigenvalue weighted by Gasteiger charge is -2.49. The summed E-state index contributed by atoms with van der Waals surface area (Å²) in [5, 5.41) is 17.3. The predicted octanol–water partition coefficient (Wildman–Crippen LogP) is 1.07.